The normalized spacial score (nSPS) is 15.6. The third-order valence-electron chi connectivity index (χ3n) is 6.14. The molecule has 0 saturated heterocycles. The lowest BCUT2D eigenvalue weighted by Crippen LogP contribution is -2.57. The molecule has 7 heteroatoms. The average molecular weight is 488 g/mol. The number of benzene rings is 1. The fourth-order valence-electron chi connectivity index (χ4n) is 4.26. The van der Waals surface area contributed by atoms with Gasteiger partial charge in [-0.3, -0.25) is 9.59 Å². The highest BCUT2D eigenvalue weighted by Crippen LogP contribution is 2.34. The summed E-state index contributed by atoms with van der Waals surface area (Å²) in [5.41, 5.74) is 0.106. The molecule has 2 rings (SSSR count). The number of carbonyl (C=O) groups excluding carboxylic acids is 3. The first-order chi connectivity index (χ1) is 16.5. The number of nitrogens with zero attached hydrogens (tertiary/aromatic N) is 1. The van der Waals surface area contributed by atoms with E-state index >= 15 is 0 Å². The van der Waals surface area contributed by atoms with Crippen LogP contribution >= 0.6 is 0 Å². The summed E-state index contributed by atoms with van der Waals surface area (Å²) < 4.78 is 5.45. The van der Waals surface area contributed by atoms with Gasteiger partial charge in [-0.1, -0.05) is 63.9 Å². The first kappa shape index (κ1) is 28.7. The van der Waals surface area contributed by atoms with E-state index in [-0.39, 0.29) is 23.8 Å². The second-order valence-electron chi connectivity index (χ2n) is 11.0. The maximum Gasteiger partial charge on any atom is 0.408 e. The Morgan fingerprint density at radius 1 is 1.09 bits per heavy atom. The Bertz CT molecular complexity index is 815. The van der Waals surface area contributed by atoms with E-state index in [1.807, 2.05) is 44.2 Å². The predicted molar refractivity (Wildman–Crippen MR) is 139 cm³/mol. The maximum absolute atomic E-state index is 14.1. The molecule has 0 radical (unpaired) electrons. The van der Waals surface area contributed by atoms with Crippen LogP contribution in [0.3, 0.4) is 0 Å². The molecule has 1 saturated carbocycles. The van der Waals surface area contributed by atoms with Crippen LogP contribution in [-0.2, 0) is 14.3 Å². The third-order valence-corrected chi connectivity index (χ3v) is 6.14. The quantitative estimate of drug-likeness (QED) is 0.389. The van der Waals surface area contributed by atoms with Gasteiger partial charge in [-0.05, 0) is 64.4 Å². The molecule has 196 valence electrons. The molecule has 2 atom stereocenters. The Kier molecular flexibility index (Phi) is 11.1. The van der Waals surface area contributed by atoms with E-state index in [0.717, 1.165) is 44.1 Å². The minimum absolute atomic E-state index is 0.0378. The van der Waals surface area contributed by atoms with Crippen LogP contribution in [0.1, 0.15) is 98.1 Å². The van der Waals surface area contributed by atoms with Crippen molar-refractivity contribution in [3.05, 3.63) is 35.9 Å². The van der Waals surface area contributed by atoms with Crippen molar-refractivity contribution in [3.8, 4) is 0 Å². The van der Waals surface area contributed by atoms with E-state index in [2.05, 4.69) is 17.6 Å². The fourth-order valence-corrected chi connectivity index (χ4v) is 4.26. The number of hydrogen-bond donors (Lipinski definition) is 2. The predicted octanol–water partition coefficient (Wildman–Crippen LogP) is 5.35. The van der Waals surface area contributed by atoms with Crippen molar-refractivity contribution < 1.29 is 19.1 Å². The van der Waals surface area contributed by atoms with Crippen LogP contribution in [0.5, 0.6) is 0 Å². The second-order valence-corrected chi connectivity index (χ2v) is 11.0. The van der Waals surface area contributed by atoms with Gasteiger partial charge in [-0.25, -0.2) is 4.79 Å². The van der Waals surface area contributed by atoms with Gasteiger partial charge in [-0.2, -0.15) is 0 Å². The fraction of sp³-hybridized carbons (Fsp3) is 0.679. The molecule has 7 nitrogen and oxygen atoms in total. The van der Waals surface area contributed by atoms with Crippen LogP contribution in [0, 0.1) is 5.92 Å². The van der Waals surface area contributed by atoms with Gasteiger partial charge in [0.25, 0.3) is 0 Å². The number of rotatable bonds is 12. The Morgan fingerprint density at radius 2 is 1.74 bits per heavy atom. The first-order valence-corrected chi connectivity index (χ1v) is 13.2. The lowest BCUT2D eigenvalue weighted by Gasteiger charge is -2.43. The van der Waals surface area contributed by atoms with Crippen molar-refractivity contribution in [3.63, 3.8) is 0 Å². The number of alkyl carbamates (subject to hydrolysis) is 1. The number of hydrogen-bond acceptors (Lipinski definition) is 4. The zero-order valence-electron chi connectivity index (χ0n) is 22.4. The molecule has 1 fully saturated rings. The maximum atomic E-state index is 14.1. The zero-order valence-corrected chi connectivity index (χ0v) is 22.4. The molecule has 0 heterocycles. The molecule has 1 aliphatic carbocycles. The molecule has 1 aromatic carbocycles. The minimum Gasteiger partial charge on any atom is -0.444 e. The summed E-state index contributed by atoms with van der Waals surface area (Å²) in [5, 5.41) is 5.87. The van der Waals surface area contributed by atoms with Crippen molar-refractivity contribution >= 4 is 17.9 Å². The number of nitrogens with one attached hydrogen (secondary N) is 2. The van der Waals surface area contributed by atoms with Crippen LogP contribution in [0.15, 0.2) is 30.3 Å². The van der Waals surface area contributed by atoms with Gasteiger partial charge >= 0.3 is 6.09 Å². The SMILES string of the molecule is CCCCCNC(=O)C(c1ccccc1)N(C(=O)C(CC(C)C)NC(=O)OC(C)(C)C)C1CCC1. The van der Waals surface area contributed by atoms with Crippen molar-refractivity contribution in [2.24, 2.45) is 5.92 Å². The van der Waals surface area contributed by atoms with Gasteiger partial charge in [0.1, 0.15) is 17.7 Å². The standard InChI is InChI=1S/C28H45N3O4/c1-7-8-12-18-29-25(32)24(21-14-10-9-11-15-21)31(22-16-13-17-22)26(33)23(19-20(2)3)30-27(34)35-28(4,5)6/h9-11,14-15,20,22-24H,7-8,12-13,16-19H2,1-6H3,(H,29,32)(H,30,34). The van der Waals surface area contributed by atoms with E-state index in [0.29, 0.717) is 13.0 Å². The second kappa shape index (κ2) is 13.5. The molecular formula is C28H45N3O4. The molecule has 2 N–H and O–H groups in total. The van der Waals surface area contributed by atoms with E-state index in [9.17, 15) is 14.4 Å². The van der Waals surface area contributed by atoms with E-state index in [4.69, 9.17) is 4.74 Å². The molecule has 1 aliphatic rings. The number of carbonyl (C=O) groups is 3. The summed E-state index contributed by atoms with van der Waals surface area (Å²) in [4.78, 5) is 42.0. The van der Waals surface area contributed by atoms with Crippen molar-refractivity contribution in [2.45, 2.75) is 110 Å². The minimum atomic E-state index is -0.774. The Morgan fingerprint density at radius 3 is 2.26 bits per heavy atom. The summed E-state index contributed by atoms with van der Waals surface area (Å²) in [5.74, 6) is -0.236. The van der Waals surface area contributed by atoms with Crippen LogP contribution in [-0.4, -0.2) is 47.0 Å². The zero-order chi connectivity index (χ0) is 26.0. The lowest BCUT2D eigenvalue weighted by atomic mass is 9.87. The number of unbranched alkanes of at least 4 members (excludes halogenated alkanes) is 2. The Labute approximate surface area is 211 Å². The number of ether oxygens (including phenoxy) is 1. The monoisotopic (exact) mass is 487 g/mol. The molecule has 1 aromatic rings. The van der Waals surface area contributed by atoms with Gasteiger partial charge in [0, 0.05) is 12.6 Å². The largest absolute Gasteiger partial charge is 0.444 e. The lowest BCUT2D eigenvalue weighted by molar-refractivity contribution is -0.147. The van der Waals surface area contributed by atoms with Gasteiger partial charge in [0.05, 0.1) is 0 Å². The molecule has 3 amide bonds. The molecule has 35 heavy (non-hydrogen) atoms. The van der Waals surface area contributed by atoms with E-state index in [1.165, 1.54) is 0 Å². The summed E-state index contributed by atoms with van der Waals surface area (Å²) in [6, 6.07) is 7.92. The number of amides is 3. The summed E-state index contributed by atoms with van der Waals surface area (Å²) in [6.45, 7) is 12.1. The van der Waals surface area contributed by atoms with Gasteiger partial charge < -0.3 is 20.3 Å². The molecule has 0 spiro atoms. The Balaban J connectivity index is 2.37. The first-order valence-electron chi connectivity index (χ1n) is 13.2. The highest BCUT2D eigenvalue weighted by Gasteiger charge is 2.42. The average Bonchev–Trinajstić information content (AvgIpc) is 2.73. The topological polar surface area (TPSA) is 87.7 Å². The summed E-state index contributed by atoms with van der Waals surface area (Å²) in [6.07, 6.45) is 5.55. The van der Waals surface area contributed by atoms with Crippen LogP contribution < -0.4 is 10.6 Å². The van der Waals surface area contributed by atoms with Gasteiger partial charge in [-0.15, -0.1) is 0 Å². The third kappa shape index (κ3) is 9.19. The van der Waals surface area contributed by atoms with Crippen LogP contribution in [0.25, 0.3) is 0 Å². The van der Waals surface area contributed by atoms with Crippen molar-refractivity contribution in [2.75, 3.05) is 6.54 Å². The van der Waals surface area contributed by atoms with Gasteiger partial charge in [0.2, 0.25) is 11.8 Å². The highest BCUT2D eigenvalue weighted by atomic mass is 16.6. The molecule has 0 aliphatic heterocycles. The van der Waals surface area contributed by atoms with Crippen molar-refractivity contribution in [1.29, 1.82) is 0 Å². The molecule has 2 unspecified atom stereocenters. The molecule has 0 aromatic heterocycles. The van der Waals surface area contributed by atoms with Crippen molar-refractivity contribution in [1.82, 2.24) is 15.5 Å². The smallest absolute Gasteiger partial charge is 0.408 e. The van der Waals surface area contributed by atoms with Crippen LogP contribution in [0.2, 0.25) is 0 Å². The summed E-state index contributed by atoms with van der Waals surface area (Å²) in [7, 11) is 0. The van der Waals surface area contributed by atoms with E-state index < -0.39 is 23.8 Å². The molecule has 0 bridgehead atoms. The van der Waals surface area contributed by atoms with Crippen LogP contribution in [0.4, 0.5) is 4.79 Å². The molecular weight excluding hydrogens is 442 g/mol. The summed E-state index contributed by atoms with van der Waals surface area (Å²) >= 11 is 0. The van der Waals surface area contributed by atoms with E-state index in [1.54, 1.807) is 25.7 Å². The highest BCUT2D eigenvalue weighted by molar-refractivity contribution is 5.92. The van der Waals surface area contributed by atoms with Gasteiger partial charge in [0.15, 0.2) is 0 Å². The Hall–Kier alpha value is -2.57.